The molecule has 0 bridgehead atoms. The van der Waals surface area contributed by atoms with E-state index in [1.54, 1.807) is 0 Å². The fourth-order valence-electron chi connectivity index (χ4n) is 3.29. The van der Waals surface area contributed by atoms with Gasteiger partial charge in [0.05, 0.1) is 13.5 Å². The lowest BCUT2D eigenvalue weighted by atomic mass is 9.76. The monoisotopic (exact) mass is 246 g/mol. The van der Waals surface area contributed by atoms with Crippen molar-refractivity contribution >= 4 is 5.97 Å². The molecule has 0 aliphatic heterocycles. The van der Waals surface area contributed by atoms with Gasteiger partial charge in [-0.05, 0) is 36.2 Å². The molecule has 0 N–H and O–H groups in total. The van der Waals surface area contributed by atoms with Crippen LogP contribution in [0.3, 0.4) is 0 Å². The van der Waals surface area contributed by atoms with Crippen LogP contribution in [0, 0.1) is 11.3 Å². The quantitative estimate of drug-likeness (QED) is 0.759. The van der Waals surface area contributed by atoms with E-state index in [1.165, 1.54) is 19.1 Å². The van der Waals surface area contributed by atoms with Gasteiger partial charge in [-0.3, -0.25) is 4.79 Å². The standard InChI is InChI=1S/C16H22O2/c1-13-8-9-16(10-13,12-15(17)18-2)11-14-6-4-3-5-7-14/h3-7,13H,8-12H2,1-2H3/t13-,16+/m1/s1. The Labute approximate surface area is 109 Å². The van der Waals surface area contributed by atoms with Crippen LogP contribution in [0.2, 0.25) is 0 Å². The number of rotatable bonds is 4. The Balaban J connectivity index is 2.13. The summed E-state index contributed by atoms with van der Waals surface area (Å²) in [6, 6.07) is 10.5. The Hall–Kier alpha value is -1.31. The third kappa shape index (κ3) is 3.12. The summed E-state index contributed by atoms with van der Waals surface area (Å²) in [6.07, 6.45) is 5.05. The first-order valence-electron chi connectivity index (χ1n) is 6.74. The zero-order valence-electron chi connectivity index (χ0n) is 11.3. The molecule has 0 spiro atoms. The second kappa shape index (κ2) is 5.55. The summed E-state index contributed by atoms with van der Waals surface area (Å²) < 4.78 is 4.87. The van der Waals surface area contributed by atoms with E-state index in [1.807, 2.05) is 6.07 Å². The topological polar surface area (TPSA) is 26.3 Å². The van der Waals surface area contributed by atoms with Crippen molar-refractivity contribution in [2.45, 2.75) is 39.0 Å². The summed E-state index contributed by atoms with van der Waals surface area (Å²) in [4.78, 5) is 11.6. The highest BCUT2D eigenvalue weighted by molar-refractivity contribution is 5.70. The van der Waals surface area contributed by atoms with Crippen molar-refractivity contribution < 1.29 is 9.53 Å². The summed E-state index contributed by atoms with van der Waals surface area (Å²) in [7, 11) is 1.48. The van der Waals surface area contributed by atoms with Crippen LogP contribution in [0.1, 0.15) is 38.2 Å². The number of carbonyl (C=O) groups excluding carboxylic acids is 1. The number of esters is 1. The van der Waals surface area contributed by atoms with Crippen LogP contribution in [0.15, 0.2) is 30.3 Å². The largest absolute Gasteiger partial charge is 0.469 e. The highest BCUT2D eigenvalue weighted by Crippen LogP contribution is 2.46. The van der Waals surface area contributed by atoms with Crippen molar-refractivity contribution in [1.29, 1.82) is 0 Å². The Morgan fingerprint density at radius 1 is 1.39 bits per heavy atom. The lowest BCUT2D eigenvalue weighted by molar-refractivity contribution is -0.143. The summed E-state index contributed by atoms with van der Waals surface area (Å²) in [5.74, 6) is 0.651. The minimum absolute atomic E-state index is 0.0694. The third-order valence-electron chi connectivity index (χ3n) is 4.12. The predicted molar refractivity (Wildman–Crippen MR) is 72.2 cm³/mol. The van der Waals surface area contributed by atoms with Gasteiger partial charge in [0.15, 0.2) is 0 Å². The van der Waals surface area contributed by atoms with Crippen LogP contribution < -0.4 is 0 Å². The molecule has 18 heavy (non-hydrogen) atoms. The molecule has 1 aromatic rings. The zero-order valence-corrected chi connectivity index (χ0v) is 11.3. The molecule has 1 aromatic carbocycles. The van der Waals surface area contributed by atoms with Crippen LogP contribution in [-0.4, -0.2) is 13.1 Å². The fraction of sp³-hybridized carbons (Fsp3) is 0.562. The number of carbonyl (C=O) groups is 1. The van der Waals surface area contributed by atoms with Crippen molar-refractivity contribution in [2.24, 2.45) is 11.3 Å². The van der Waals surface area contributed by atoms with E-state index in [-0.39, 0.29) is 11.4 Å². The van der Waals surface area contributed by atoms with Crippen molar-refractivity contribution in [1.82, 2.24) is 0 Å². The molecule has 0 saturated heterocycles. The first-order valence-corrected chi connectivity index (χ1v) is 6.74. The number of benzene rings is 1. The van der Waals surface area contributed by atoms with E-state index in [9.17, 15) is 4.79 Å². The second-order valence-corrected chi connectivity index (χ2v) is 5.76. The van der Waals surface area contributed by atoms with Gasteiger partial charge < -0.3 is 4.74 Å². The lowest BCUT2D eigenvalue weighted by Gasteiger charge is -2.28. The Morgan fingerprint density at radius 2 is 2.11 bits per heavy atom. The summed E-state index contributed by atoms with van der Waals surface area (Å²) in [5, 5.41) is 0. The number of hydrogen-bond donors (Lipinski definition) is 0. The number of hydrogen-bond acceptors (Lipinski definition) is 2. The molecule has 0 unspecified atom stereocenters. The molecule has 0 amide bonds. The maximum absolute atomic E-state index is 11.6. The molecule has 2 rings (SSSR count). The van der Waals surface area contributed by atoms with Crippen LogP contribution in [0.4, 0.5) is 0 Å². The van der Waals surface area contributed by atoms with Crippen LogP contribution in [-0.2, 0) is 16.0 Å². The molecule has 2 nitrogen and oxygen atoms in total. The van der Waals surface area contributed by atoms with E-state index in [0.29, 0.717) is 6.42 Å². The molecule has 1 aliphatic carbocycles. The molecule has 1 fully saturated rings. The molecule has 0 aromatic heterocycles. The van der Waals surface area contributed by atoms with Gasteiger partial charge in [0.25, 0.3) is 0 Å². The first kappa shape index (κ1) is 13.1. The first-order chi connectivity index (χ1) is 8.63. The van der Waals surface area contributed by atoms with Gasteiger partial charge in [0.2, 0.25) is 0 Å². The van der Waals surface area contributed by atoms with E-state index in [4.69, 9.17) is 4.74 Å². The third-order valence-corrected chi connectivity index (χ3v) is 4.12. The molecule has 2 heteroatoms. The van der Waals surface area contributed by atoms with Gasteiger partial charge in [-0.15, -0.1) is 0 Å². The van der Waals surface area contributed by atoms with Gasteiger partial charge in [-0.1, -0.05) is 43.7 Å². The second-order valence-electron chi connectivity index (χ2n) is 5.76. The zero-order chi connectivity index (χ0) is 13.0. The molecule has 98 valence electrons. The average Bonchev–Trinajstić information content (AvgIpc) is 2.71. The molecule has 2 atom stereocenters. The molecule has 0 radical (unpaired) electrons. The van der Waals surface area contributed by atoms with Gasteiger partial charge >= 0.3 is 5.97 Å². The van der Waals surface area contributed by atoms with Crippen molar-refractivity contribution in [3.05, 3.63) is 35.9 Å². The lowest BCUT2D eigenvalue weighted by Crippen LogP contribution is -2.25. The predicted octanol–water partition coefficient (Wildman–Crippen LogP) is 3.60. The van der Waals surface area contributed by atoms with Crippen LogP contribution in [0.25, 0.3) is 0 Å². The van der Waals surface area contributed by atoms with E-state index in [0.717, 1.165) is 25.2 Å². The molecule has 1 aliphatic rings. The molecule has 0 heterocycles. The van der Waals surface area contributed by atoms with Gasteiger partial charge in [-0.2, -0.15) is 0 Å². The number of methoxy groups -OCH3 is 1. The van der Waals surface area contributed by atoms with E-state index < -0.39 is 0 Å². The van der Waals surface area contributed by atoms with E-state index in [2.05, 4.69) is 31.2 Å². The van der Waals surface area contributed by atoms with Crippen LogP contribution in [0.5, 0.6) is 0 Å². The molecule has 1 saturated carbocycles. The van der Waals surface area contributed by atoms with Crippen molar-refractivity contribution in [2.75, 3.05) is 7.11 Å². The Kier molecular flexibility index (Phi) is 4.05. The highest BCUT2D eigenvalue weighted by atomic mass is 16.5. The SMILES string of the molecule is COC(=O)C[C@@]1(Cc2ccccc2)CC[C@@H](C)C1. The highest BCUT2D eigenvalue weighted by Gasteiger charge is 2.39. The minimum atomic E-state index is -0.0694. The van der Waals surface area contributed by atoms with Gasteiger partial charge in [0, 0.05) is 0 Å². The average molecular weight is 246 g/mol. The maximum atomic E-state index is 11.6. The molecular formula is C16H22O2. The number of ether oxygens (including phenoxy) is 1. The smallest absolute Gasteiger partial charge is 0.306 e. The Bertz CT molecular complexity index is 399. The summed E-state index contributed by atoms with van der Waals surface area (Å²) in [5.41, 5.74) is 1.45. The van der Waals surface area contributed by atoms with E-state index >= 15 is 0 Å². The summed E-state index contributed by atoms with van der Waals surface area (Å²) >= 11 is 0. The van der Waals surface area contributed by atoms with Crippen molar-refractivity contribution in [3.63, 3.8) is 0 Å². The molecular weight excluding hydrogens is 224 g/mol. The van der Waals surface area contributed by atoms with Crippen molar-refractivity contribution in [3.8, 4) is 0 Å². The Morgan fingerprint density at radius 3 is 2.67 bits per heavy atom. The van der Waals surface area contributed by atoms with Crippen LogP contribution >= 0.6 is 0 Å². The normalized spacial score (nSPS) is 27.1. The minimum Gasteiger partial charge on any atom is -0.469 e. The maximum Gasteiger partial charge on any atom is 0.306 e. The van der Waals surface area contributed by atoms with Gasteiger partial charge in [-0.25, -0.2) is 0 Å². The fourth-order valence-corrected chi connectivity index (χ4v) is 3.29. The van der Waals surface area contributed by atoms with Gasteiger partial charge in [0.1, 0.15) is 0 Å². The summed E-state index contributed by atoms with van der Waals surface area (Å²) in [6.45, 7) is 2.28.